The van der Waals surface area contributed by atoms with Gasteiger partial charge >= 0.3 is 0 Å². The van der Waals surface area contributed by atoms with Gasteiger partial charge in [-0.2, -0.15) is 0 Å². The van der Waals surface area contributed by atoms with Crippen molar-refractivity contribution in [3.8, 4) is 0 Å². The first kappa shape index (κ1) is 12.5. The van der Waals surface area contributed by atoms with Crippen LogP contribution >= 0.6 is 24.2 Å². The fourth-order valence-electron chi connectivity index (χ4n) is 1.20. The molecule has 0 saturated carbocycles. The molecule has 0 aliphatic carbocycles. The summed E-state index contributed by atoms with van der Waals surface area (Å²) in [6, 6.07) is 4.16. The zero-order chi connectivity index (χ0) is 11.6. The zero-order valence-electron chi connectivity index (χ0n) is 7.88. The van der Waals surface area contributed by atoms with Crippen molar-refractivity contribution >= 4 is 30.0 Å². The van der Waals surface area contributed by atoms with E-state index in [1.165, 1.54) is 25.1 Å². The molecule has 1 aromatic carbocycles. The van der Waals surface area contributed by atoms with Crippen LogP contribution in [0.15, 0.2) is 23.1 Å². The van der Waals surface area contributed by atoms with E-state index in [9.17, 15) is 13.6 Å². The molecule has 0 aromatic heterocycles. The normalized spacial score (nSPS) is 12.9. The quantitative estimate of drug-likeness (QED) is 0.638. The van der Waals surface area contributed by atoms with Gasteiger partial charge in [0.25, 0.3) is 6.43 Å². The second-order valence-corrected chi connectivity index (χ2v) is 4.04. The van der Waals surface area contributed by atoms with Crippen molar-refractivity contribution in [2.24, 2.45) is 0 Å². The number of hydrogen-bond donors (Lipinski definition) is 1. The highest BCUT2D eigenvalue weighted by molar-refractivity contribution is 7.80. The van der Waals surface area contributed by atoms with Gasteiger partial charge in [-0.25, -0.2) is 8.78 Å². The van der Waals surface area contributed by atoms with E-state index in [0.29, 0.717) is 4.90 Å². The Hall–Kier alpha value is -0.610. The highest BCUT2D eigenvalue weighted by Crippen LogP contribution is 2.32. The molecule has 82 valence electrons. The molecule has 5 heteroatoms. The van der Waals surface area contributed by atoms with Gasteiger partial charge in [0.1, 0.15) is 5.38 Å². The predicted molar refractivity (Wildman–Crippen MR) is 57.9 cm³/mol. The van der Waals surface area contributed by atoms with Crippen LogP contribution < -0.4 is 0 Å². The number of rotatable bonds is 3. The minimum atomic E-state index is -2.66. The Morgan fingerprint density at radius 2 is 2.00 bits per heavy atom. The fourth-order valence-corrected chi connectivity index (χ4v) is 1.61. The summed E-state index contributed by atoms with van der Waals surface area (Å²) in [5, 5.41) is -1.03. The molecular weight excluding hydrogens is 242 g/mol. The van der Waals surface area contributed by atoms with Gasteiger partial charge in [0.15, 0.2) is 5.78 Å². The van der Waals surface area contributed by atoms with Crippen molar-refractivity contribution < 1.29 is 13.6 Å². The summed E-state index contributed by atoms with van der Waals surface area (Å²) >= 11 is 9.69. The largest absolute Gasteiger partial charge is 0.298 e. The Morgan fingerprint density at radius 1 is 1.40 bits per heavy atom. The van der Waals surface area contributed by atoms with Crippen molar-refractivity contribution in [2.75, 3.05) is 0 Å². The zero-order valence-corrected chi connectivity index (χ0v) is 9.53. The van der Waals surface area contributed by atoms with Gasteiger partial charge < -0.3 is 0 Å². The Morgan fingerprint density at radius 3 is 2.47 bits per heavy atom. The Balaban J connectivity index is 3.22. The van der Waals surface area contributed by atoms with Crippen LogP contribution in [-0.4, -0.2) is 5.78 Å². The lowest BCUT2D eigenvalue weighted by Gasteiger charge is -2.12. The third kappa shape index (κ3) is 2.92. The van der Waals surface area contributed by atoms with Gasteiger partial charge in [0, 0.05) is 10.5 Å². The van der Waals surface area contributed by atoms with Gasteiger partial charge in [0.05, 0.1) is 0 Å². The lowest BCUT2D eigenvalue weighted by atomic mass is 10.0. The van der Waals surface area contributed by atoms with Crippen molar-refractivity contribution in [1.29, 1.82) is 0 Å². The second kappa shape index (κ2) is 4.94. The lowest BCUT2D eigenvalue weighted by molar-refractivity contribution is -0.116. The van der Waals surface area contributed by atoms with E-state index < -0.39 is 11.8 Å². The molecule has 1 aromatic rings. The van der Waals surface area contributed by atoms with Crippen molar-refractivity contribution in [3.05, 3.63) is 29.3 Å². The average Bonchev–Trinajstić information content (AvgIpc) is 2.16. The number of carbonyl (C=O) groups is 1. The summed E-state index contributed by atoms with van der Waals surface area (Å²) in [6.07, 6.45) is -2.66. The first-order valence-electron chi connectivity index (χ1n) is 4.19. The number of benzene rings is 1. The maximum absolute atomic E-state index is 12.6. The summed E-state index contributed by atoms with van der Waals surface area (Å²) in [4.78, 5) is 11.4. The number of alkyl halides is 3. The SMILES string of the molecule is CC(=O)C(Cl)c1ccc(S)cc1C(F)F. The summed E-state index contributed by atoms with van der Waals surface area (Å²) in [5.74, 6) is -0.356. The molecule has 0 aliphatic rings. The molecule has 15 heavy (non-hydrogen) atoms. The van der Waals surface area contributed by atoms with Gasteiger partial charge in [0.2, 0.25) is 0 Å². The molecule has 1 nitrogen and oxygen atoms in total. The third-order valence-electron chi connectivity index (χ3n) is 1.94. The van der Waals surface area contributed by atoms with E-state index in [4.69, 9.17) is 11.6 Å². The maximum Gasteiger partial charge on any atom is 0.264 e. The number of halogens is 3. The van der Waals surface area contributed by atoms with Gasteiger partial charge in [-0.15, -0.1) is 24.2 Å². The molecule has 0 N–H and O–H groups in total. The van der Waals surface area contributed by atoms with Crippen LogP contribution in [0, 0.1) is 0 Å². The first-order valence-corrected chi connectivity index (χ1v) is 5.07. The van der Waals surface area contributed by atoms with Crippen LogP contribution in [0.3, 0.4) is 0 Å². The Kier molecular flexibility index (Phi) is 4.11. The molecule has 1 atom stereocenters. The van der Waals surface area contributed by atoms with E-state index in [-0.39, 0.29) is 16.9 Å². The smallest absolute Gasteiger partial charge is 0.264 e. The van der Waals surface area contributed by atoms with Crippen molar-refractivity contribution in [2.45, 2.75) is 23.6 Å². The predicted octanol–water partition coefficient (Wildman–Crippen LogP) is 3.78. The molecule has 1 rings (SSSR count). The van der Waals surface area contributed by atoms with Gasteiger partial charge in [-0.3, -0.25) is 4.79 Å². The first-order chi connectivity index (χ1) is 6.93. The lowest BCUT2D eigenvalue weighted by Crippen LogP contribution is -2.05. The van der Waals surface area contributed by atoms with Crippen molar-refractivity contribution in [1.82, 2.24) is 0 Å². The fraction of sp³-hybridized carbons (Fsp3) is 0.300. The molecule has 0 radical (unpaired) electrons. The topological polar surface area (TPSA) is 17.1 Å². The molecule has 0 aliphatic heterocycles. The number of thiol groups is 1. The summed E-state index contributed by atoms with van der Waals surface area (Å²) in [5.41, 5.74) is -0.0883. The van der Waals surface area contributed by atoms with E-state index in [0.717, 1.165) is 0 Å². The van der Waals surface area contributed by atoms with Crippen LogP contribution in [0.25, 0.3) is 0 Å². The van der Waals surface area contributed by atoms with E-state index in [2.05, 4.69) is 12.6 Å². The van der Waals surface area contributed by atoms with Crippen LogP contribution in [0.4, 0.5) is 8.78 Å². The Bertz CT molecular complexity index is 382. The number of Topliss-reactive ketones (excluding diaryl/α,β-unsaturated/α-hetero) is 1. The van der Waals surface area contributed by atoms with E-state index >= 15 is 0 Å². The highest BCUT2D eigenvalue weighted by Gasteiger charge is 2.21. The molecule has 0 bridgehead atoms. The summed E-state index contributed by atoms with van der Waals surface area (Å²) < 4.78 is 25.3. The maximum atomic E-state index is 12.6. The Labute approximate surface area is 96.8 Å². The molecule has 0 fully saturated rings. The molecule has 0 spiro atoms. The molecule has 0 saturated heterocycles. The van der Waals surface area contributed by atoms with Crippen LogP contribution in [0.2, 0.25) is 0 Å². The summed E-state index contributed by atoms with van der Waals surface area (Å²) in [6.45, 7) is 1.27. The highest BCUT2D eigenvalue weighted by atomic mass is 35.5. The number of ketones is 1. The van der Waals surface area contributed by atoms with Crippen LogP contribution in [0.5, 0.6) is 0 Å². The molecule has 1 unspecified atom stereocenters. The molecule has 0 heterocycles. The monoisotopic (exact) mass is 250 g/mol. The minimum Gasteiger partial charge on any atom is -0.298 e. The second-order valence-electron chi connectivity index (χ2n) is 3.09. The van der Waals surface area contributed by atoms with Crippen molar-refractivity contribution in [3.63, 3.8) is 0 Å². The van der Waals surface area contributed by atoms with Gasteiger partial charge in [-0.05, 0) is 24.6 Å². The van der Waals surface area contributed by atoms with E-state index in [1.54, 1.807) is 0 Å². The molecule has 0 amide bonds. The molecular formula is C10H9ClF2OS. The summed E-state index contributed by atoms with van der Waals surface area (Å²) in [7, 11) is 0. The van der Waals surface area contributed by atoms with E-state index in [1.807, 2.05) is 0 Å². The average molecular weight is 251 g/mol. The number of carbonyl (C=O) groups excluding carboxylic acids is 1. The number of hydrogen-bond acceptors (Lipinski definition) is 2. The van der Waals surface area contributed by atoms with Gasteiger partial charge in [-0.1, -0.05) is 6.07 Å². The standard InChI is InChI=1S/C10H9ClF2OS/c1-5(14)9(11)7-3-2-6(15)4-8(7)10(12)13/h2-4,9-10,15H,1H3. The van der Waals surface area contributed by atoms with Crippen LogP contribution in [0.1, 0.15) is 29.9 Å². The third-order valence-corrected chi connectivity index (χ3v) is 2.76. The van der Waals surface area contributed by atoms with Crippen LogP contribution in [-0.2, 0) is 4.79 Å². The minimum absolute atomic E-state index is 0.150.